The standard InChI is InChI=1S/C25H28N2O5/c1-2-11-27(14-23(28)29)24(30)21-12-16(21)13-26-25(31)32-15-22-19-9-5-3-7-17(19)18-8-4-6-10-20(18)22/h3-10,16,21-22H,2,11-15H2,1H3,(H,26,31)(H,28,29)/t16-,21-/m0/s1. The summed E-state index contributed by atoms with van der Waals surface area (Å²) in [5, 5.41) is 11.8. The Labute approximate surface area is 187 Å². The zero-order valence-corrected chi connectivity index (χ0v) is 18.1. The Bertz CT molecular complexity index is 975. The van der Waals surface area contributed by atoms with E-state index < -0.39 is 12.1 Å². The van der Waals surface area contributed by atoms with E-state index in [0.29, 0.717) is 25.9 Å². The molecule has 0 heterocycles. The first-order valence-electron chi connectivity index (χ1n) is 11.1. The molecule has 0 aliphatic heterocycles. The molecule has 2 aromatic rings. The van der Waals surface area contributed by atoms with Gasteiger partial charge in [0.05, 0.1) is 0 Å². The summed E-state index contributed by atoms with van der Waals surface area (Å²) in [6, 6.07) is 16.3. The SMILES string of the molecule is CCCN(CC(=O)O)C(=O)[C@H]1C[C@H]1CNC(=O)OCC1c2ccccc2-c2ccccc21. The molecule has 2 aliphatic carbocycles. The summed E-state index contributed by atoms with van der Waals surface area (Å²) in [6.45, 7) is 2.64. The molecule has 32 heavy (non-hydrogen) atoms. The number of carbonyl (C=O) groups is 3. The topological polar surface area (TPSA) is 95.9 Å². The number of nitrogens with one attached hydrogen (secondary N) is 1. The highest BCUT2D eigenvalue weighted by molar-refractivity contribution is 5.85. The van der Waals surface area contributed by atoms with E-state index in [1.54, 1.807) is 0 Å². The number of hydrogen-bond donors (Lipinski definition) is 2. The first-order valence-corrected chi connectivity index (χ1v) is 11.1. The number of carbonyl (C=O) groups excluding carboxylic acids is 2. The maximum absolute atomic E-state index is 12.5. The number of aliphatic carboxylic acids is 1. The average molecular weight is 437 g/mol. The van der Waals surface area contributed by atoms with Gasteiger partial charge in [-0.05, 0) is 41.0 Å². The molecule has 4 rings (SSSR count). The van der Waals surface area contributed by atoms with Gasteiger partial charge in [0.15, 0.2) is 0 Å². The summed E-state index contributed by atoms with van der Waals surface area (Å²) in [7, 11) is 0. The number of rotatable bonds is 9. The second-order valence-electron chi connectivity index (χ2n) is 8.46. The predicted molar refractivity (Wildman–Crippen MR) is 119 cm³/mol. The molecule has 0 aromatic heterocycles. The zero-order valence-electron chi connectivity index (χ0n) is 18.1. The molecule has 0 saturated heterocycles. The van der Waals surface area contributed by atoms with Crippen LogP contribution in [0.4, 0.5) is 4.79 Å². The van der Waals surface area contributed by atoms with E-state index in [0.717, 1.165) is 11.1 Å². The van der Waals surface area contributed by atoms with Crippen LogP contribution in [0.1, 0.15) is 36.8 Å². The van der Waals surface area contributed by atoms with Crippen molar-refractivity contribution < 1.29 is 24.2 Å². The van der Waals surface area contributed by atoms with Gasteiger partial charge in [0.25, 0.3) is 0 Å². The van der Waals surface area contributed by atoms with Crippen LogP contribution in [-0.4, -0.2) is 54.2 Å². The van der Waals surface area contributed by atoms with Crippen LogP contribution < -0.4 is 5.32 Å². The van der Waals surface area contributed by atoms with Gasteiger partial charge in [-0.2, -0.15) is 0 Å². The van der Waals surface area contributed by atoms with E-state index in [4.69, 9.17) is 9.84 Å². The molecule has 0 unspecified atom stereocenters. The normalized spacial score (nSPS) is 18.4. The molecule has 1 saturated carbocycles. The highest BCUT2D eigenvalue weighted by Gasteiger charge is 2.45. The van der Waals surface area contributed by atoms with Gasteiger partial charge in [-0.25, -0.2) is 4.79 Å². The van der Waals surface area contributed by atoms with E-state index >= 15 is 0 Å². The smallest absolute Gasteiger partial charge is 0.407 e. The molecule has 2 amide bonds. The molecule has 7 heteroatoms. The largest absolute Gasteiger partial charge is 0.480 e. The number of hydrogen-bond acceptors (Lipinski definition) is 4. The Morgan fingerprint density at radius 3 is 2.28 bits per heavy atom. The van der Waals surface area contributed by atoms with Crippen LogP contribution in [0.25, 0.3) is 11.1 Å². The van der Waals surface area contributed by atoms with Crippen LogP contribution >= 0.6 is 0 Å². The van der Waals surface area contributed by atoms with Crippen LogP contribution in [0.5, 0.6) is 0 Å². The molecule has 2 aromatic carbocycles. The lowest BCUT2D eigenvalue weighted by Gasteiger charge is -2.20. The van der Waals surface area contributed by atoms with Gasteiger partial charge in [-0.3, -0.25) is 9.59 Å². The van der Waals surface area contributed by atoms with Gasteiger partial charge >= 0.3 is 12.1 Å². The van der Waals surface area contributed by atoms with Crippen molar-refractivity contribution in [3.8, 4) is 11.1 Å². The summed E-state index contributed by atoms with van der Waals surface area (Å²) in [5.41, 5.74) is 4.66. The number of fused-ring (bicyclic) bond motifs is 3. The Morgan fingerprint density at radius 2 is 1.69 bits per heavy atom. The van der Waals surface area contributed by atoms with Crippen LogP contribution in [-0.2, 0) is 14.3 Å². The Balaban J connectivity index is 1.27. The highest BCUT2D eigenvalue weighted by Crippen LogP contribution is 2.44. The molecule has 2 aliphatic rings. The summed E-state index contributed by atoms with van der Waals surface area (Å²) in [6.07, 6.45) is 0.859. The van der Waals surface area contributed by atoms with E-state index in [-0.39, 0.29) is 36.8 Å². The van der Waals surface area contributed by atoms with Crippen molar-refractivity contribution in [2.24, 2.45) is 11.8 Å². The van der Waals surface area contributed by atoms with E-state index in [2.05, 4.69) is 29.6 Å². The number of carboxylic acid groups (broad SMARTS) is 1. The van der Waals surface area contributed by atoms with Crippen molar-refractivity contribution in [3.05, 3.63) is 59.7 Å². The van der Waals surface area contributed by atoms with Crippen molar-refractivity contribution in [1.82, 2.24) is 10.2 Å². The van der Waals surface area contributed by atoms with Crippen LogP contribution in [0, 0.1) is 11.8 Å². The number of carboxylic acids is 1. The monoisotopic (exact) mass is 436 g/mol. The molecule has 2 atom stereocenters. The summed E-state index contributed by atoms with van der Waals surface area (Å²) in [4.78, 5) is 37.2. The van der Waals surface area contributed by atoms with Crippen molar-refractivity contribution in [2.45, 2.75) is 25.7 Å². The van der Waals surface area contributed by atoms with Gasteiger partial charge in [-0.1, -0.05) is 55.5 Å². The maximum Gasteiger partial charge on any atom is 0.407 e. The number of ether oxygens (including phenoxy) is 1. The highest BCUT2D eigenvalue weighted by atomic mass is 16.5. The lowest BCUT2D eigenvalue weighted by atomic mass is 9.98. The fourth-order valence-corrected chi connectivity index (χ4v) is 4.57. The van der Waals surface area contributed by atoms with E-state index in [1.165, 1.54) is 16.0 Å². The Morgan fingerprint density at radius 1 is 1.06 bits per heavy atom. The van der Waals surface area contributed by atoms with E-state index in [1.807, 2.05) is 31.2 Å². The number of benzene rings is 2. The third kappa shape index (κ3) is 4.61. The molecule has 7 nitrogen and oxygen atoms in total. The molecular weight excluding hydrogens is 408 g/mol. The second-order valence-corrected chi connectivity index (χ2v) is 8.46. The molecule has 0 bridgehead atoms. The van der Waals surface area contributed by atoms with E-state index in [9.17, 15) is 14.4 Å². The lowest BCUT2D eigenvalue weighted by Crippen LogP contribution is -2.38. The summed E-state index contributed by atoms with van der Waals surface area (Å²) < 4.78 is 5.53. The predicted octanol–water partition coefficient (Wildman–Crippen LogP) is 3.48. The Hall–Kier alpha value is -3.35. The van der Waals surface area contributed by atoms with Crippen molar-refractivity contribution in [1.29, 1.82) is 0 Å². The number of nitrogens with zero attached hydrogens (tertiary/aromatic N) is 1. The van der Waals surface area contributed by atoms with Crippen molar-refractivity contribution in [2.75, 3.05) is 26.2 Å². The molecule has 0 spiro atoms. The number of alkyl carbamates (subject to hydrolysis) is 1. The third-order valence-corrected chi connectivity index (χ3v) is 6.22. The van der Waals surface area contributed by atoms with Crippen molar-refractivity contribution in [3.63, 3.8) is 0 Å². The fourth-order valence-electron chi connectivity index (χ4n) is 4.57. The van der Waals surface area contributed by atoms with Gasteiger partial charge < -0.3 is 20.1 Å². The van der Waals surface area contributed by atoms with Gasteiger partial charge in [0, 0.05) is 24.9 Å². The molecule has 1 fully saturated rings. The molecule has 0 radical (unpaired) electrons. The third-order valence-electron chi connectivity index (χ3n) is 6.22. The first-order chi connectivity index (χ1) is 15.5. The first kappa shape index (κ1) is 21.9. The molecular formula is C25H28N2O5. The molecule has 168 valence electrons. The quantitative estimate of drug-likeness (QED) is 0.627. The van der Waals surface area contributed by atoms with Crippen molar-refractivity contribution >= 4 is 18.0 Å². The lowest BCUT2D eigenvalue weighted by molar-refractivity contribution is -0.145. The van der Waals surface area contributed by atoms with Crippen LogP contribution in [0.15, 0.2) is 48.5 Å². The minimum absolute atomic E-state index is 0.00187. The average Bonchev–Trinajstić information content (AvgIpc) is 3.50. The zero-order chi connectivity index (χ0) is 22.7. The Kier molecular flexibility index (Phi) is 6.44. The van der Waals surface area contributed by atoms with Crippen LogP contribution in [0.2, 0.25) is 0 Å². The second kappa shape index (κ2) is 9.42. The molecule has 2 N–H and O–H groups in total. The minimum atomic E-state index is -1.01. The summed E-state index contributed by atoms with van der Waals surface area (Å²) in [5.74, 6) is -1.36. The van der Waals surface area contributed by atoms with Gasteiger partial charge in [0.1, 0.15) is 13.2 Å². The minimum Gasteiger partial charge on any atom is -0.480 e. The van der Waals surface area contributed by atoms with Crippen LogP contribution in [0.3, 0.4) is 0 Å². The van der Waals surface area contributed by atoms with Gasteiger partial charge in [0.2, 0.25) is 5.91 Å². The fraction of sp³-hybridized carbons (Fsp3) is 0.400. The summed E-state index contributed by atoms with van der Waals surface area (Å²) >= 11 is 0. The number of amides is 2. The maximum atomic E-state index is 12.5. The van der Waals surface area contributed by atoms with Gasteiger partial charge in [-0.15, -0.1) is 0 Å².